The van der Waals surface area contributed by atoms with E-state index in [4.69, 9.17) is 5.73 Å². The van der Waals surface area contributed by atoms with E-state index in [1.807, 2.05) is 18.2 Å². The van der Waals surface area contributed by atoms with E-state index in [2.05, 4.69) is 72.3 Å². The van der Waals surface area contributed by atoms with Gasteiger partial charge in [-0.15, -0.1) is 0 Å². The van der Waals surface area contributed by atoms with Gasteiger partial charge in [-0.2, -0.15) is 0 Å². The van der Waals surface area contributed by atoms with Crippen molar-refractivity contribution in [3.63, 3.8) is 0 Å². The topological polar surface area (TPSA) is 67.2 Å². The number of primary amides is 1. The third kappa shape index (κ3) is 10.0. The second kappa shape index (κ2) is 14.1. The van der Waals surface area contributed by atoms with Crippen LogP contribution in [0.3, 0.4) is 0 Å². The molecule has 0 aliphatic carbocycles. The summed E-state index contributed by atoms with van der Waals surface area (Å²) in [7, 11) is 0. The van der Waals surface area contributed by atoms with Crippen molar-refractivity contribution >= 4 is 11.6 Å². The smallest absolute Gasteiger partial charge is 0.250 e. The zero-order chi connectivity index (χ0) is 27.6. The molecule has 2 atom stereocenters. The first-order chi connectivity index (χ1) is 16.7. The summed E-state index contributed by atoms with van der Waals surface area (Å²) in [6.45, 7) is 25.0. The van der Waals surface area contributed by atoms with Crippen molar-refractivity contribution in [2.75, 3.05) is 5.32 Å². The molecule has 0 fully saturated rings. The maximum absolute atomic E-state index is 15.3. The van der Waals surface area contributed by atoms with Gasteiger partial charge in [0.05, 0.1) is 5.57 Å². The van der Waals surface area contributed by atoms with E-state index < -0.39 is 11.7 Å². The highest BCUT2D eigenvalue weighted by atomic mass is 19.1. The third-order valence-corrected chi connectivity index (χ3v) is 6.51. The molecule has 0 bridgehead atoms. The predicted octanol–water partition coefficient (Wildman–Crippen LogP) is 7.87. The van der Waals surface area contributed by atoms with E-state index in [-0.39, 0.29) is 22.7 Å². The molecule has 0 saturated heterocycles. The number of hydrogen-bond donors (Lipinski definition) is 3. The lowest BCUT2D eigenvalue weighted by atomic mass is 9.82. The monoisotopic (exact) mass is 497 g/mol. The Labute approximate surface area is 219 Å². The van der Waals surface area contributed by atoms with Crippen molar-refractivity contribution in [3.05, 3.63) is 76.9 Å². The van der Waals surface area contributed by atoms with Gasteiger partial charge in [-0.1, -0.05) is 72.8 Å². The number of allylic oxidation sites excluding steroid dienone is 4. The highest BCUT2D eigenvalue weighted by molar-refractivity contribution is 5.97. The summed E-state index contributed by atoms with van der Waals surface area (Å²) < 4.78 is 15.3. The molecule has 200 valence electrons. The van der Waals surface area contributed by atoms with Gasteiger partial charge in [0.25, 0.3) is 5.91 Å². The van der Waals surface area contributed by atoms with Crippen LogP contribution in [0.4, 0.5) is 10.1 Å². The van der Waals surface area contributed by atoms with Crippen molar-refractivity contribution < 1.29 is 9.18 Å². The van der Waals surface area contributed by atoms with Crippen LogP contribution in [-0.2, 0) is 11.2 Å². The summed E-state index contributed by atoms with van der Waals surface area (Å²) in [5, 5.41) is 6.46. The number of anilines is 1. The van der Waals surface area contributed by atoms with Gasteiger partial charge in [-0.25, -0.2) is 4.39 Å². The molecule has 4 N–H and O–H groups in total. The minimum atomic E-state index is -0.741. The molecule has 0 aliphatic rings. The summed E-state index contributed by atoms with van der Waals surface area (Å²) in [5.41, 5.74) is 10.8. The van der Waals surface area contributed by atoms with E-state index in [9.17, 15) is 4.79 Å². The Morgan fingerprint density at radius 3 is 2.31 bits per heavy atom. The first-order valence-electron chi connectivity index (χ1n) is 13.1. The number of benzene rings is 1. The van der Waals surface area contributed by atoms with Gasteiger partial charge >= 0.3 is 0 Å². The normalized spacial score (nSPS) is 14.5. The Morgan fingerprint density at radius 2 is 1.81 bits per heavy atom. The molecule has 0 radical (unpaired) electrons. The van der Waals surface area contributed by atoms with Gasteiger partial charge in [0.15, 0.2) is 0 Å². The van der Waals surface area contributed by atoms with Crippen LogP contribution in [0.15, 0.2) is 65.8 Å². The van der Waals surface area contributed by atoms with E-state index >= 15 is 4.39 Å². The first-order valence-corrected chi connectivity index (χ1v) is 13.1. The molecule has 1 aromatic carbocycles. The van der Waals surface area contributed by atoms with Crippen LogP contribution >= 0.6 is 0 Å². The number of rotatable bonds is 14. The number of amides is 1. The summed E-state index contributed by atoms with van der Waals surface area (Å²) in [6, 6.07) is 6.00. The van der Waals surface area contributed by atoms with E-state index in [1.165, 1.54) is 22.8 Å². The molecule has 5 heteroatoms. The molecule has 0 aromatic heterocycles. The lowest BCUT2D eigenvalue weighted by Gasteiger charge is -2.30. The number of aryl methyl sites for hydroxylation is 2. The molecular weight excluding hydrogens is 449 g/mol. The Morgan fingerprint density at radius 1 is 1.17 bits per heavy atom. The second-order valence-electron chi connectivity index (χ2n) is 11.0. The zero-order valence-electron chi connectivity index (χ0n) is 23.8. The molecule has 1 rings (SSSR count). The van der Waals surface area contributed by atoms with E-state index in [1.54, 1.807) is 6.92 Å². The molecule has 0 saturated carbocycles. The summed E-state index contributed by atoms with van der Waals surface area (Å²) in [5.74, 6) is -0.944. The molecule has 4 nitrogen and oxygen atoms in total. The van der Waals surface area contributed by atoms with Gasteiger partial charge in [-0.3, -0.25) is 4.79 Å². The Balaban J connectivity index is 3.09. The number of nitrogens with one attached hydrogen (secondary N) is 2. The second-order valence-corrected chi connectivity index (χ2v) is 11.0. The lowest BCUT2D eigenvalue weighted by Crippen LogP contribution is -2.35. The van der Waals surface area contributed by atoms with Crippen molar-refractivity contribution in [1.29, 1.82) is 0 Å². The minimum absolute atomic E-state index is 0.00548. The number of halogens is 1. The van der Waals surface area contributed by atoms with Crippen molar-refractivity contribution in [3.8, 4) is 0 Å². The predicted molar refractivity (Wildman–Crippen MR) is 153 cm³/mol. The van der Waals surface area contributed by atoms with Crippen LogP contribution in [0.25, 0.3) is 0 Å². The minimum Gasteiger partial charge on any atom is -0.383 e. The highest BCUT2D eigenvalue weighted by Crippen LogP contribution is 2.30. The van der Waals surface area contributed by atoms with Crippen LogP contribution in [0.5, 0.6) is 0 Å². The molecule has 0 heterocycles. The average Bonchev–Trinajstić information content (AvgIpc) is 2.78. The molecule has 0 aliphatic heterocycles. The van der Waals surface area contributed by atoms with Crippen molar-refractivity contribution in [2.24, 2.45) is 17.1 Å². The number of carbonyl (C=O) groups excluding carboxylic acids is 1. The molecule has 2 unspecified atom stereocenters. The Kier molecular flexibility index (Phi) is 12.2. The number of hydrogen-bond acceptors (Lipinski definition) is 3. The highest BCUT2D eigenvalue weighted by Gasteiger charge is 2.22. The van der Waals surface area contributed by atoms with Crippen LogP contribution in [0, 0.1) is 18.3 Å². The SMILES string of the molecule is C=C(CC(CC)C(CC)N/C(C)=C(F)/C=C(\C(=C)Nc1ccc(C)c(CC)c1)C(N)=O)CC(C)(C)C. The first kappa shape index (κ1) is 31.2. The van der Waals surface area contributed by atoms with Crippen LogP contribution < -0.4 is 16.4 Å². The van der Waals surface area contributed by atoms with Crippen LogP contribution in [-0.4, -0.2) is 11.9 Å². The van der Waals surface area contributed by atoms with Gasteiger partial charge in [0, 0.05) is 23.1 Å². The third-order valence-electron chi connectivity index (χ3n) is 6.51. The molecule has 0 spiro atoms. The van der Waals surface area contributed by atoms with Gasteiger partial charge < -0.3 is 16.4 Å². The molecule has 1 amide bonds. The number of nitrogens with two attached hydrogens (primary N) is 1. The van der Waals surface area contributed by atoms with Gasteiger partial charge in [0.2, 0.25) is 0 Å². The largest absolute Gasteiger partial charge is 0.383 e. The molecular formula is C31H48FN3O. The van der Waals surface area contributed by atoms with Crippen LogP contribution in [0.1, 0.15) is 85.3 Å². The maximum Gasteiger partial charge on any atom is 0.250 e. The summed E-state index contributed by atoms with van der Waals surface area (Å²) in [6.07, 6.45) is 5.72. The van der Waals surface area contributed by atoms with Gasteiger partial charge in [-0.05, 0) is 80.2 Å². The van der Waals surface area contributed by atoms with Crippen molar-refractivity contribution in [2.45, 2.75) is 93.5 Å². The lowest BCUT2D eigenvalue weighted by molar-refractivity contribution is -0.114. The quantitative estimate of drug-likeness (QED) is 0.139. The summed E-state index contributed by atoms with van der Waals surface area (Å²) >= 11 is 0. The summed E-state index contributed by atoms with van der Waals surface area (Å²) in [4.78, 5) is 12.2. The number of carbonyl (C=O) groups is 1. The Bertz CT molecular complexity index is 998. The molecule has 1 aromatic rings. The fourth-order valence-corrected chi connectivity index (χ4v) is 4.58. The van der Waals surface area contributed by atoms with E-state index in [0.29, 0.717) is 11.6 Å². The fraction of sp³-hybridized carbons (Fsp3) is 0.516. The average molecular weight is 498 g/mol. The molecule has 36 heavy (non-hydrogen) atoms. The zero-order valence-corrected chi connectivity index (χ0v) is 23.8. The van der Waals surface area contributed by atoms with Gasteiger partial charge in [0.1, 0.15) is 5.83 Å². The van der Waals surface area contributed by atoms with Crippen molar-refractivity contribution in [1.82, 2.24) is 5.32 Å². The van der Waals surface area contributed by atoms with E-state index in [0.717, 1.165) is 37.8 Å². The fourth-order valence-electron chi connectivity index (χ4n) is 4.58. The Hall–Kier alpha value is -2.82. The standard InChI is InChI=1S/C31H48FN3O/c1-11-24-17-26(15-14-21(24)5)34-22(6)27(30(33)36)18-28(32)23(7)35-29(13-3)25(12-2)16-20(4)19-31(8,9)10/h14-15,17-18,25,29,34-35H,4,6,11-13,16,19H2,1-3,5,7-10H3,(H2,33,36)/b27-18+,28-23-. The van der Waals surface area contributed by atoms with Crippen LogP contribution in [0.2, 0.25) is 0 Å². The maximum atomic E-state index is 15.3.